The summed E-state index contributed by atoms with van der Waals surface area (Å²) in [5.74, 6) is 0. The molecule has 0 bridgehead atoms. The molecular weight excluding hydrogens is 555 g/mol. The first-order valence-corrected chi connectivity index (χ1v) is 14.7. The largest absolute Gasteiger partial charge is 0.353 e. The summed E-state index contributed by atoms with van der Waals surface area (Å²) < 4.78 is 1.01. The lowest BCUT2D eigenvalue weighted by atomic mass is 9.86. The highest BCUT2D eigenvalue weighted by Gasteiger charge is 2.23. The Kier molecular flexibility index (Phi) is 6.86. The average molecular weight is 582 g/mol. The fourth-order valence-corrected chi connectivity index (χ4v) is 6.38. The number of thiazole rings is 1. The van der Waals surface area contributed by atoms with E-state index in [2.05, 4.69) is 86.4 Å². The summed E-state index contributed by atoms with van der Waals surface area (Å²) in [6.07, 6.45) is 0. The zero-order valence-corrected chi connectivity index (χ0v) is 25.1. The second-order valence-corrected chi connectivity index (χ2v) is 12.7. The van der Waals surface area contributed by atoms with Gasteiger partial charge < -0.3 is 9.97 Å². The molecule has 0 aliphatic heterocycles. The van der Waals surface area contributed by atoms with Gasteiger partial charge in [0.1, 0.15) is 22.7 Å². The van der Waals surface area contributed by atoms with Crippen molar-refractivity contribution in [1.82, 2.24) is 15.0 Å². The predicted molar refractivity (Wildman–Crippen MR) is 176 cm³/mol. The van der Waals surface area contributed by atoms with Crippen LogP contribution in [0.25, 0.3) is 54.7 Å². The maximum absolute atomic E-state index is 10.6. The number of hydrogen-bond donors (Lipinski definition) is 3. The zero-order chi connectivity index (χ0) is 29.6. The van der Waals surface area contributed by atoms with Crippen molar-refractivity contribution in [2.45, 2.75) is 26.2 Å². The molecule has 42 heavy (non-hydrogen) atoms. The molecule has 7 heteroatoms. The summed E-state index contributed by atoms with van der Waals surface area (Å²) in [5.41, 5.74) is 6.26. The minimum Gasteiger partial charge on any atom is -0.353 e. The fraction of sp³-hybridized carbons (Fsp3) is 0.114. The Morgan fingerprint density at radius 1 is 0.810 bits per heavy atom. The number of benzene rings is 3. The van der Waals surface area contributed by atoms with E-state index in [9.17, 15) is 10.5 Å². The molecule has 3 heterocycles. The van der Waals surface area contributed by atoms with Gasteiger partial charge in [-0.2, -0.15) is 10.5 Å². The van der Waals surface area contributed by atoms with Crippen molar-refractivity contribution in [3.05, 3.63) is 112 Å². The van der Waals surface area contributed by atoms with Crippen molar-refractivity contribution in [1.29, 1.82) is 10.5 Å². The molecule has 6 aromatic rings. The molecule has 2 N–H and O–H groups in total. The van der Waals surface area contributed by atoms with E-state index in [4.69, 9.17) is 4.98 Å². The number of hydrogen-bond acceptors (Lipinski definition) is 5. The number of aromatic nitrogens is 3. The average Bonchev–Trinajstić information content (AvgIpc) is 3.68. The van der Waals surface area contributed by atoms with Gasteiger partial charge in [0.25, 0.3) is 0 Å². The molecule has 0 fully saturated rings. The molecule has 3 aromatic carbocycles. The Morgan fingerprint density at radius 2 is 1.40 bits per heavy atom. The van der Waals surface area contributed by atoms with Crippen LogP contribution >= 0.6 is 24.0 Å². The molecule has 6 rings (SSSR count). The Labute approximate surface area is 253 Å². The summed E-state index contributed by atoms with van der Waals surface area (Å²) in [7, 11) is 0. The first kappa shape index (κ1) is 27.4. The van der Waals surface area contributed by atoms with E-state index in [0.717, 1.165) is 43.5 Å². The van der Waals surface area contributed by atoms with Crippen molar-refractivity contribution in [3.8, 4) is 34.7 Å². The summed E-state index contributed by atoms with van der Waals surface area (Å²) in [5, 5.41) is 24.3. The van der Waals surface area contributed by atoms with Gasteiger partial charge in [-0.3, -0.25) is 0 Å². The smallest absolute Gasteiger partial charge is 0.137 e. The maximum atomic E-state index is 10.6. The standard InChI is InChI=1S/C35H27N5S2/c1-20(41)24(18-36)32-28-29(31(39-32)22-14-16-23(17-15-22)35(2,3)4)33(40-30(28)21-10-6-5-7-11-21)25(19-37)34-38-26-12-8-9-13-27(26)42-34/h5-17,39-41H,1H2,2-4H3/b32-24-,33-25-. The van der Waals surface area contributed by atoms with E-state index in [-0.39, 0.29) is 5.41 Å². The molecule has 0 atom stereocenters. The molecule has 0 spiro atoms. The van der Waals surface area contributed by atoms with Gasteiger partial charge in [-0.15, -0.1) is 24.0 Å². The number of para-hydroxylation sites is 1. The normalized spacial score (nSPS) is 13.1. The van der Waals surface area contributed by atoms with Crippen LogP contribution < -0.4 is 10.7 Å². The van der Waals surface area contributed by atoms with Crippen molar-refractivity contribution in [2.75, 3.05) is 0 Å². The van der Waals surface area contributed by atoms with Gasteiger partial charge in [0.2, 0.25) is 0 Å². The lowest BCUT2D eigenvalue weighted by Gasteiger charge is -2.19. The van der Waals surface area contributed by atoms with Crippen LogP contribution in [0.2, 0.25) is 0 Å². The molecule has 204 valence electrons. The number of thiol groups is 1. The highest BCUT2D eigenvalue weighted by molar-refractivity contribution is 7.85. The van der Waals surface area contributed by atoms with Crippen molar-refractivity contribution in [2.24, 2.45) is 0 Å². The minimum absolute atomic E-state index is 0.00536. The number of rotatable bonds is 4. The molecule has 0 saturated carbocycles. The molecule has 0 amide bonds. The number of H-pyrrole nitrogens is 2. The van der Waals surface area contributed by atoms with Crippen molar-refractivity contribution < 1.29 is 0 Å². The summed E-state index contributed by atoms with van der Waals surface area (Å²) >= 11 is 5.96. The number of nitriles is 2. The van der Waals surface area contributed by atoms with Crippen LogP contribution in [0.5, 0.6) is 0 Å². The summed E-state index contributed by atoms with van der Waals surface area (Å²) in [4.78, 5) is 12.3. The minimum atomic E-state index is -0.00536. The van der Waals surface area contributed by atoms with Gasteiger partial charge >= 0.3 is 0 Å². The number of nitrogens with one attached hydrogen (secondary N) is 2. The van der Waals surface area contributed by atoms with Crippen LogP contribution in [0, 0.1) is 22.7 Å². The van der Waals surface area contributed by atoms with Gasteiger partial charge in [-0.05, 0) is 34.2 Å². The van der Waals surface area contributed by atoms with Crippen molar-refractivity contribution in [3.63, 3.8) is 0 Å². The monoisotopic (exact) mass is 581 g/mol. The summed E-state index contributed by atoms with van der Waals surface area (Å²) in [6, 6.07) is 31.0. The number of allylic oxidation sites excluding steroid dienone is 1. The van der Waals surface area contributed by atoms with E-state index >= 15 is 0 Å². The Bertz CT molecular complexity index is 2180. The van der Waals surface area contributed by atoms with Gasteiger partial charge in [-0.25, -0.2) is 4.98 Å². The lowest BCUT2D eigenvalue weighted by Crippen LogP contribution is -2.11. The van der Waals surface area contributed by atoms with Gasteiger partial charge in [0, 0.05) is 15.7 Å². The highest BCUT2D eigenvalue weighted by atomic mass is 32.1. The molecular formula is C35H27N5S2. The second-order valence-electron chi connectivity index (χ2n) is 11.1. The molecule has 5 nitrogen and oxygen atoms in total. The van der Waals surface area contributed by atoms with E-state index in [0.29, 0.717) is 31.8 Å². The maximum Gasteiger partial charge on any atom is 0.137 e. The highest BCUT2D eigenvalue weighted by Crippen LogP contribution is 2.34. The molecule has 0 unspecified atom stereocenters. The van der Waals surface area contributed by atoms with Gasteiger partial charge in [0.15, 0.2) is 0 Å². The first-order valence-electron chi connectivity index (χ1n) is 13.4. The fourth-order valence-electron chi connectivity index (χ4n) is 5.25. The topological polar surface area (TPSA) is 92.0 Å². The summed E-state index contributed by atoms with van der Waals surface area (Å²) in [6.45, 7) is 10.5. The van der Waals surface area contributed by atoms with Crippen LogP contribution in [-0.2, 0) is 5.41 Å². The predicted octanol–water partition coefficient (Wildman–Crippen LogP) is 7.58. The Balaban J connectivity index is 1.82. The quantitative estimate of drug-likeness (QED) is 0.187. The molecule has 0 aliphatic carbocycles. The molecule has 3 aromatic heterocycles. The number of nitrogens with zero attached hydrogens (tertiary/aromatic N) is 3. The first-order chi connectivity index (χ1) is 20.2. The molecule has 0 radical (unpaired) electrons. The third-order valence-corrected chi connectivity index (χ3v) is 8.65. The van der Waals surface area contributed by atoms with E-state index in [1.54, 1.807) is 0 Å². The van der Waals surface area contributed by atoms with Gasteiger partial charge in [-0.1, -0.05) is 94.1 Å². The van der Waals surface area contributed by atoms with Gasteiger partial charge in [0.05, 0.1) is 37.9 Å². The SMILES string of the molecule is C=C(S)/C(C#N)=c1\[nH]c(-c2ccc(C(C)(C)C)cc2)c2/c(=C(\C#N)c3nc4ccccc4s3)[nH]c(-c3ccccc3)c12. The third-order valence-electron chi connectivity index (χ3n) is 7.37. The van der Waals surface area contributed by atoms with Crippen LogP contribution in [0.3, 0.4) is 0 Å². The molecule has 0 aliphatic rings. The van der Waals surface area contributed by atoms with Crippen LogP contribution in [0.1, 0.15) is 31.3 Å². The zero-order valence-electron chi connectivity index (χ0n) is 23.4. The van der Waals surface area contributed by atoms with E-state index in [1.807, 2.05) is 54.6 Å². The second kappa shape index (κ2) is 10.5. The lowest BCUT2D eigenvalue weighted by molar-refractivity contribution is 0.590. The van der Waals surface area contributed by atoms with Crippen LogP contribution in [0.15, 0.2) is 90.3 Å². The Morgan fingerprint density at radius 3 is 2.00 bits per heavy atom. The van der Waals surface area contributed by atoms with E-state index in [1.165, 1.54) is 16.9 Å². The number of aromatic amines is 2. The van der Waals surface area contributed by atoms with Crippen LogP contribution in [0.4, 0.5) is 0 Å². The Hall–Kier alpha value is -4.82. The van der Waals surface area contributed by atoms with Crippen LogP contribution in [-0.4, -0.2) is 15.0 Å². The van der Waals surface area contributed by atoms with E-state index < -0.39 is 0 Å². The molecule has 0 saturated heterocycles. The third kappa shape index (κ3) is 4.63. The number of fused-ring (bicyclic) bond motifs is 2. The van der Waals surface area contributed by atoms with Crippen molar-refractivity contribution >= 4 is 56.1 Å².